The standard InChI is InChI=1S/C23H24N2O4/c1-15(17-11-10-16-6-2-3-7-18(16)12-17)24-22(26)14-28-23(27)13-20-19-8-4-5-9-21(19)29-25-20/h4-5,8-12,15H,2-3,6-7,13-14H2,1H3,(H,24,26)/t15-/m0/s1. The molecule has 1 amide bonds. The first-order chi connectivity index (χ1) is 14.1. The van der Waals surface area contributed by atoms with E-state index in [0.29, 0.717) is 11.3 Å². The molecule has 0 aliphatic heterocycles. The van der Waals surface area contributed by atoms with E-state index in [2.05, 4.69) is 28.7 Å². The monoisotopic (exact) mass is 392 g/mol. The van der Waals surface area contributed by atoms with Gasteiger partial charge in [-0.25, -0.2) is 0 Å². The van der Waals surface area contributed by atoms with Crippen LogP contribution in [0.1, 0.15) is 48.2 Å². The van der Waals surface area contributed by atoms with E-state index in [0.717, 1.165) is 23.8 Å². The topological polar surface area (TPSA) is 81.4 Å². The number of carbonyl (C=O) groups excluding carboxylic acids is 2. The molecule has 0 bridgehead atoms. The third kappa shape index (κ3) is 4.47. The predicted molar refractivity (Wildman–Crippen MR) is 108 cm³/mol. The van der Waals surface area contributed by atoms with Crippen LogP contribution in [-0.2, 0) is 33.6 Å². The molecule has 3 aromatic rings. The molecule has 6 heteroatoms. The fraction of sp³-hybridized carbons (Fsp3) is 0.348. The van der Waals surface area contributed by atoms with Gasteiger partial charge >= 0.3 is 5.97 Å². The zero-order valence-corrected chi connectivity index (χ0v) is 16.4. The minimum Gasteiger partial charge on any atom is -0.455 e. The average molecular weight is 392 g/mol. The normalized spacial score (nSPS) is 14.2. The highest BCUT2D eigenvalue weighted by atomic mass is 16.5. The molecular weight excluding hydrogens is 368 g/mol. The summed E-state index contributed by atoms with van der Waals surface area (Å²) >= 11 is 0. The van der Waals surface area contributed by atoms with Crippen LogP contribution in [0, 0.1) is 0 Å². The second-order valence-electron chi connectivity index (χ2n) is 7.49. The zero-order valence-electron chi connectivity index (χ0n) is 16.4. The first-order valence-corrected chi connectivity index (χ1v) is 10.00. The lowest BCUT2D eigenvalue weighted by atomic mass is 9.89. The van der Waals surface area contributed by atoms with Gasteiger partial charge < -0.3 is 14.6 Å². The second-order valence-corrected chi connectivity index (χ2v) is 7.49. The summed E-state index contributed by atoms with van der Waals surface area (Å²) in [5.41, 5.74) is 4.98. The van der Waals surface area contributed by atoms with Crippen molar-refractivity contribution in [1.82, 2.24) is 10.5 Å². The quantitative estimate of drug-likeness (QED) is 0.648. The predicted octanol–water partition coefficient (Wildman–Crippen LogP) is 3.67. The van der Waals surface area contributed by atoms with E-state index in [4.69, 9.17) is 9.26 Å². The number of hydrogen-bond donors (Lipinski definition) is 1. The summed E-state index contributed by atoms with van der Waals surface area (Å²) in [5.74, 6) is -0.839. The van der Waals surface area contributed by atoms with Gasteiger partial charge in [0.05, 0.1) is 12.5 Å². The number of esters is 1. The van der Waals surface area contributed by atoms with Gasteiger partial charge in [0.2, 0.25) is 0 Å². The van der Waals surface area contributed by atoms with E-state index < -0.39 is 5.97 Å². The van der Waals surface area contributed by atoms with Crippen LogP contribution in [0.25, 0.3) is 11.0 Å². The molecule has 1 N–H and O–H groups in total. The highest BCUT2D eigenvalue weighted by Gasteiger charge is 2.17. The molecule has 1 atom stereocenters. The van der Waals surface area contributed by atoms with Crippen molar-refractivity contribution in [2.75, 3.05) is 6.61 Å². The van der Waals surface area contributed by atoms with Gasteiger partial charge in [-0.05, 0) is 61.4 Å². The molecule has 1 aliphatic rings. The van der Waals surface area contributed by atoms with Crippen molar-refractivity contribution in [3.05, 3.63) is 64.8 Å². The number of benzene rings is 2. The molecule has 1 aromatic heterocycles. The smallest absolute Gasteiger partial charge is 0.312 e. The molecule has 1 aliphatic carbocycles. The molecule has 0 saturated heterocycles. The van der Waals surface area contributed by atoms with Gasteiger partial charge in [-0.15, -0.1) is 0 Å². The lowest BCUT2D eigenvalue weighted by Crippen LogP contribution is -2.31. The molecule has 0 radical (unpaired) electrons. The van der Waals surface area contributed by atoms with Crippen LogP contribution in [0.15, 0.2) is 47.0 Å². The van der Waals surface area contributed by atoms with Crippen LogP contribution in [0.4, 0.5) is 0 Å². The van der Waals surface area contributed by atoms with E-state index in [1.54, 1.807) is 6.07 Å². The van der Waals surface area contributed by atoms with E-state index in [1.807, 2.05) is 25.1 Å². The Morgan fingerprint density at radius 3 is 2.79 bits per heavy atom. The van der Waals surface area contributed by atoms with Crippen molar-refractivity contribution in [2.45, 2.75) is 45.1 Å². The number of para-hydroxylation sites is 1. The molecule has 0 spiro atoms. The van der Waals surface area contributed by atoms with E-state index in [-0.39, 0.29) is 25.0 Å². The third-order valence-electron chi connectivity index (χ3n) is 5.38. The van der Waals surface area contributed by atoms with Crippen LogP contribution in [0.5, 0.6) is 0 Å². The second kappa shape index (κ2) is 8.47. The van der Waals surface area contributed by atoms with Crippen molar-refractivity contribution in [3.8, 4) is 0 Å². The number of fused-ring (bicyclic) bond motifs is 2. The summed E-state index contributed by atoms with van der Waals surface area (Å²) in [6, 6.07) is 13.6. The Kier molecular flexibility index (Phi) is 5.60. The molecule has 4 rings (SSSR count). The molecule has 150 valence electrons. The van der Waals surface area contributed by atoms with Gasteiger partial charge in [-0.3, -0.25) is 9.59 Å². The van der Waals surface area contributed by atoms with Crippen LogP contribution < -0.4 is 5.32 Å². The molecule has 1 heterocycles. The number of aryl methyl sites for hydroxylation is 2. The van der Waals surface area contributed by atoms with Crippen molar-refractivity contribution in [2.24, 2.45) is 0 Å². The summed E-state index contributed by atoms with van der Waals surface area (Å²) in [6.07, 6.45) is 4.65. The van der Waals surface area contributed by atoms with Crippen molar-refractivity contribution in [3.63, 3.8) is 0 Å². The van der Waals surface area contributed by atoms with Gasteiger partial charge in [0.25, 0.3) is 5.91 Å². The van der Waals surface area contributed by atoms with Gasteiger partial charge in [-0.2, -0.15) is 0 Å². The molecular formula is C23H24N2O4. The Balaban J connectivity index is 1.28. The number of amides is 1. The number of rotatable bonds is 6. The average Bonchev–Trinajstić information content (AvgIpc) is 3.14. The number of hydrogen-bond acceptors (Lipinski definition) is 5. The van der Waals surface area contributed by atoms with Crippen molar-refractivity contribution >= 4 is 22.8 Å². The Morgan fingerprint density at radius 1 is 1.14 bits per heavy atom. The summed E-state index contributed by atoms with van der Waals surface area (Å²) in [5, 5.41) is 7.58. The number of nitrogens with zero attached hydrogens (tertiary/aromatic N) is 1. The molecule has 0 fully saturated rings. The van der Waals surface area contributed by atoms with Crippen molar-refractivity contribution in [1.29, 1.82) is 0 Å². The fourth-order valence-electron chi connectivity index (χ4n) is 3.79. The molecule has 6 nitrogen and oxygen atoms in total. The van der Waals surface area contributed by atoms with Gasteiger partial charge in [-0.1, -0.05) is 35.5 Å². The maximum Gasteiger partial charge on any atom is 0.312 e. The van der Waals surface area contributed by atoms with E-state index >= 15 is 0 Å². The Labute approximate surface area is 169 Å². The van der Waals surface area contributed by atoms with Crippen LogP contribution in [0.2, 0.25) is 0 Å². The highest BCUT2D eigenvalue weighted by Crippen LogP contribution is 2.24. The zero-order chi connectivity index (χ0) is 20.2. The van der Waals surface area contributed by atoms with E-state index in [1.165, 1.54) is 24.0 Å². The lowest BCUT2D eigenvalue weighted by Gasteiger charge is -2.20. The highest BCUT2D eigenvalue weighted by molar-refractivity contribution is 5.85. The minimum absolute atomic E-state index is 0.0370. The summed E-state index contributed by atoms with van der Waals surface area (Å²) < 4.78 is 10.3. The SMILES string of the molecule is C[C@H](NC(=O)COC(=O)Cc1noc2ccccc12)c1ccc2c(c1)CCCC2. The van der Waals surface area contributed by atoms with Gasteiger partial charge in [0.1, 0.15) is 5.69 Å². The number of nitrogens with one attached hydrogen (secondary N) is 1. The van der Waals surface area contributed by atoms with Crippen LogP contribution in [0.3, 0.4) is 0 Å². The first-order valence-electron chi connectivity index (χ1n) is 10.00. The minimum atomic E-state index is -0.513. The third-order valence-corrected chi connectivity index (χ3v) is 5.38. The summed E-state index contributed by atoms with van der Waals surface area (Å²) in [7, 11) is 0. The first kappa shape index (κ1) is 19.2. The number of carbonyl (C=O) groups is 2. The Morgan fingerprint density at radius 2 is 1.93 bits per heavy atom. The maximum atomic E-state index is 12.2. The van der Waals surface area contributed by atoms with Crippen LogP contribution in [-0.4, -0.2) is 23.6 Å². The van der Waals surface area contributed by atoms with Crippen molar-refractivity contribution < 1.29 is 18.8 Å². The van der Waals surface area contributed by atoms with Gasteiger partial charge in [0.15, 0.2) is 12.2 Å². The van der Waals surface area contributed by atoms with E-state index in [9.17, 15) is 9.59 Å². The lowest BCUT2D eigenvalue weighted by molar-refractivity contribution is -0.148. The Bertz CT molecular complexity index is 1040. The summed E-state index contributed by atoms with van der Waals surface area (Å²) in [4.78, 5) is 24.3. The molecule has 0 saturated carbocycles. The molecule has 2 aromatic carbocycles. The number of ether oxygens (including phenoxy) is 1. The fourth-order valence-corrected chi connectivity index (χ4v) is 3.79. The molecule has 0 unspecified atom stereocenters. The summed E-state index contributed by atoms with van der Waals surface area (Å²) in [6.45, 7) is 1.62. The molecule has 29 heavy (non-hydrogen) atoms. The number of aromatic nitrogens is 1. The Hall–Kier alpha value is -3.15. The largest absolute Gasteiger partial charge is 0.455 e. The maximum absolute atomic E-state index is 12.2. The van der Waals surface area contributed by atoms with Gasteiger partial charge in [0, 0.05) is 5.39 Å². The van der Waals surface area contributed by atoms with Crippen LogP contribution >= 0.6 is 0 Å².